The van der Waals surface area contributed by atoms with E-state index in [-0.39, 0.29) is 5.54 Å². The van der Waals surface area contributed by atoms with Gasteiger partial charge in [-0.25, -0.2) is 0 Å². The summed E-state index contributed by atoms with van der Waals surface area (Å²) in [4.78, 5) is 0. The summed E-state index contributed by atoms with van der Waals surface area (Å²) >= 11 is 0. The number of rotatable bonds is 5. The fourth-order valence-corrected chi connectivity index (χ4v) is 3.34. The fraction of sp³-hybridized carbons (Fsp3) is 0.588. The van der Waals surface area contributed by atoms with Crippen molar-refractivity contribution < 1.29 is 4.74 Å². The maximum atomic E-state index is 9.42. The second kappa shape index (κ2) is 6.28. The Labute approximate surface area is 121 Å². The molecule has 3 nitrogen and oxygen atoms in total. The predicted molar refractivity (Wildman–Crippen MR) is 80.8 cm³/mol. The van der Waals surface area contributed by atoms with Gasteiger partial charge >= 0.3 is 0 Å². The van der Waals surface area contributed by atoms with Crippen LogP contribution in [0, 0.1) is 31.1 Å². The Morgan fingerprint density at radius 3 is 2.65 bits per heavy atom. The molecule has 0 heterocycles. The molecule has 2 rings (SSSR count). The molecular formula is C17H24N2O. The zero-order chi connectivity index (χ0) is 14.6. The first-order chi connectivity index (χ1) is 9.59. The molecule has 20 heavy (non-hydrogen) atoms. The normalized spacial score (nSPS) is 25.4. The summed E-state index contributed by atoms with van der Waals surface area (Å²) in [6.07, 6.45) is 4.13. The van der Waals surface area contributed by atoms with Crippen LogP contribution in [0.2, 0.25) is 0 Å². The van der Waals surface area contributed by atoms with Crippen molar-refractivity contribution in [3.63, 3.8) is 0 Å². The summed E-state index contributed by atoms with van der Waals surface area (Å²) in [6, 6.07) is 8.76. The van der Waals surface area contributed by atoms with Crippen molar-refractivity contribution >= 4 is 0 Å². The maximum absolute atomic E-state index is 9.42. The van der Waals surface area contributed by atoms with E-state index in [0.717, 1.165) is 31.4 Å². The molecule has 108 valence electrons. The minimum absolute atomic E-state index is 0.341. The molecule has 1 aliphatic carbocycles. The van der Waals surface area contributed by atoms with Crippen LogP contribution in [0.1, 0.15) is 36.8 Å². The van der Waals surface area contributed by atoms with Crippen LogP contribution in [-0.4, -0.2) is 19.2 Å². The monoisotopic (exact) mass is 272 g/mol. The fourth-order valence-electron chi connectivity index (χ4n) is 3.34. The van der Waals surface area contributed by atoms with Crippen LogP contribution in [-0.2, 0) is 0 Å². The number of nitrogens with one attached hydrogen (secondary N) is 1. The molecule has 0 amide bonds. The van der Waals surface area contributed by atoms with Crippen LogP contribution in [0.3, 0.4) is 0 Å². The summed E-state index contributed by atoms with van der Waals surface area (Å²) in [5.41, 5.74) is 2.11. The number of hydrogen-bond acceptors (Lipinski definition) is 3. The largest absolute Gasteiger partial charge is 0.494 e. The molecule has 0 spiro atoms. The van der Waals surface area contributed by atoms with Gasteiger partial charge in [0, 0.05) is 0 Å². The van der Waals surface area contributed by atoms with Gasteiger partial charge in [-0.1, -0.05) is 12.5 Å². The molecule has 0 aromatic heterocycles. The van der Waals surface area contributed by atoms with E-state index >= 15 is 0 Å². The first kappa shape index (κ1) is 14.9. The molecule has 1 aromatic rings. The molecule has 1 saturated carbocycles. The molecule has 0 bridgehead atoms. The molecule has 2 atom stereocenters. The van der Waals surface area contributed by atoms with Gasteiger partial charge in [0.2, 0.25) is 0 Å². The minimum atomic E-state index is -0.341. The lowest BCUT2D eigenvalue weighted by Gasteiger charge is -2.28. The highest BCUT2D eigenvalue weighted by Gasteiger charge is 2.41. The highest BCUT2D eigenvalue weighted by Crippen LogP contribution is 2.37. The number of ether oxygens (including phenoxy) is 1. The van der Waals surface area contributed by atoms with E-state index in [9.17, 15) is 5.26 Å². The molecule has 3 heteroatoms. The van der Waals surface area contributed by atoms with Crippen LogP contribution in [0.25, 0.3) is 0 Å². The third kappa shape index (κ3) is 3.13. The highest BCUT2D eigenvalue weighted by atomic mass is 16.5. The number of aryl methyl sites for hydroxylation is 2. The summed E-state index contributed by atoms with van der Waals surface area (Å²) in [6.45, 7) is 4.84. The summed E-state index contributed by atoms with van der Waals surface area (Å²) in [5, 5.41) is 12.7. The van der Waals surface area contributed by atoms with Gasteiger partial charge < -0.3 is 10.1 Å². The first-order valence-electron chi connectivity index (χ1n) is 7.41. The quantitative estimate of drug-likeness (QED) is 0.894. The van der Waals surface area contributed by atoms with Crippen molar-refractivity contribution in [3.05, 3.63) is 29.3 Å². The Morgan fingerprint density at radius 2 is 2.05 bits per heavy atom. The number of nitrogens with zero attached hydrogens (tertiary/aromatic N) is 1. The summed E-state index contributed by atoms with van der Waals surface area (Å²) < 4.78 is 5.87. The topological polar surface area (TPSA) is 45.0 Å². The van der Waals surface area contributed by atoms with E-state index in [0.29, 0.717) is 12.5 Å². The smallest absolute Gasteiger partial charge is 0.119 e. The molecule has 0 radical (unpaired) electrons. The molecule has 1 aromatic carbocycles. The highest BCUT2D eigenvalue weighted by molar-refractivity contribution is 5.33. The molecule has 0 aliphatic heterocycles. The average molecular weight is 272 g/mol. The SMILES string of the molecule is CNC1(C#N)CCCC1CCOc1cc(C)cc(C)c1. The standard InChI is InChI=1S/C17H24N2O/c1-13-9-14(2)11-16(10-13)20-8-6-15-5-4-7-17(15,12-18)19-3/h9-11,15,19H,4-8H2,1-3H3. The second-order valence-electron chi connectivity index (χ2n) is 5.88. The van der Waals surface area contributed by atoms with Crippen molar-refractivity contribution in [2.24, 2.45) is 5.92 Å². The zero-order valence-corrected chi connectivity index (χ0v) is 12.7. The van der Waals surface area contributed by atoms with Gasteiger partial charge in [-0.05, 0) is 69.3 Å². The van der Waals surface area contributed by atoms with Gasteiger partial charge in [-0.2, -0.15) is 5.26 Å². The van der Waals surface area contributed by atoms with Crippen molar-refractivity contribution in [2.45, 2.75) is 45.1 Å². The van der Waals surface area contributed by atoms with Crippen molar-refractivity contribution in [3.8, 4) is 11.8 Å². The molecular weight excluding hydrogens is 248 g/mol. The Bertz CT molecular complexity index is 486. The van der Waals surface area contributed by atoms with Crippen LogP contribution in [0.15, 0.2) is 18.2 Å². The Hall–Kier alpha value is -1.53. The molecule has 1 fully saturated rings. The Balaban J connectivity index is 1.91. The molecule has 0 saturated heterocycles. The molecule has 2 unspecified atom stereocenters. The van der Waals surface area contributed by atoms with Gasteiger partial charge in [-0.3, -0.25) is 0 Å². The lowest BCUT2D eigenvalue weighted by Crippen LogP contribution is -2.45. The van der Waals surface area contributed by atoms with E-state index in [1.165, 1.54) is 11.1 Å². The van der Waals surface area contributed by atoms with Crippen molar-refractivity contribution in [1.82, 2.24) is 5.32 Å². The number of nitriles is 1. The Kier molecular flexibility index (Phi) is 4.67. The van der Waals surface area contributed by atoms with E-state index in [2.05, 4.69) is 43.4 Å². The summed E-state index contributed by atoms with van der Waals surface area (Å²) in [7, 11) is 1.90. The van der Waals surface area contributed by atoms with E-state index in [1.54, 1.807) is 0 Å². The number of hydrogen-bond donors (Lipinski definition) is 1. The lowest BCUT2D eigenvalue weighted by atomic mass is 9.86. The van der Waals surface area contributed by atoms with Crippen molar-refractivity contribution in [2.75, 3.05) is 13.7 Å². The van der Waals surface area contributed by atoms with E-state index in [1.807, 2.05) is 7.05 Å². The lowest BCUT2D eigenvalue weighted by molar-refractivity contribution is 0.239. The van der Waals surface area contributed by atoms with Gasteiger partial charge in [0.05, 0.1) is 12.7 Å². The van der Waals surface area contributed by atoms with Crippen LogP contribution in [0.4, 0.5) is 0 Å². The third-order valence-corrected chi connectivity index (χ3v) is 4.40. The van der Waals surface area contributed by atoms with Gasteiger partial charge in [0.15, 0.2) is 0 Å². The number of benzene rings is 1. The van der Waals surface area contributed by atoms with Gasteiger partial charge in [-0.15, -0.1) is 0 Å². The zero-order valence-electron chi connectivity index (χ0n) is 12.7. The third-order valence-electron chi connectivity index (χ3n) is 4.40. The maximum Gasteiger partial charge on any atom is 0.119 e. The molecule has 1 N–H and O–H groups in total. The van der Waals surface area contributed by atoms with Crippen LogP contribution < -0.4 is 10.1 Å². The average Bonchev–Trinajstić information content (AvgIpc) is 2.81. The Morgan fingerprint density at radius 1 is 1.35 bits per heavy atom. The molecule has 1 aliphatic rings. The van der Waals surface area contributed by atoms with Gasteiger partial charge in [0.25, 0.3) is 0 Å². The van der Waals surface area contributed by atoms with Crippen LogP contribution in [0.5, 0.6) is 5.75 Å². The van der Waals surface area contributed by atoms with E-state index < -0.39 is 0 Å². The second-order valence-corrected chi connectivity index (χ2v) is 5.88. The minimum Gasteiger partial charge on any atom is -0.494 e. The van der Waals surface area contributed by atoms with Crippen molar-refractivity contribution in [1.29, 1.82) is 5.26 Å². The van der Waals surface area contributed by atoms with Gasteiger partial charge in [0.1, 0.15) is 11.3 Å². The first-order valence-corrected chi connectivity index (χ1v) is 7.41. The van der Waals surface area contributed by atoms with E-state index in [4.69, 9.17) is 4.74 Å². The van der Waals surface area contributed by atoms with Crippen LogP contribution >= 0.6 is 0 Å². The predicted octanol–water partition coefficient (Wildman–Crippen LogP) is 3.35. The summed E-state index contributed by atoms with van der Waals surface area (Å²) in [5.74, 6) is 1.33.